The van der Waals surface area contributed by atoms with E-state index in [0.717, 1.165) is 16.7 Å². The zero-order valence-corrected chi connectivity index (χ0v) is 23.2. The lowest BCUT2D eigenvalue weighted by Crippen LogP contribution is -2.36. The molecule has 0 radical (unpaired) electrons. The molecule has 3 aromatic rings. The van der Waals surface area contributed by atoms with Crippen molar-refractivity contribution >= 4 is 52.2 Å². The van der Waals surface area contributed by atoms with Crippen molar-refractivity contribution in [3.63, 3.8) is 0 Å². The van der Waals surface area contributed by atoms with Crippen LogP contribution in [0.5, 0.6) is 17.2 Å². The molecule has 11 heteroatoms. The molecule has 9 nitrogen and oxygen atoms in total. The van der Waals surface area contributed by atoms with Crippen molar-refractivity contribution in [2.24, 2.45) is 0 Å². The van der Waals surface area contributed by atoms with Crippen LogP contribution in [-0.4, -0.2) is 42.2 Å². The fourth-order valence-electron chi connectivity index (χ4n) is 3.80. The predicted octanol–water partition coefficient (Wildman–Crippen LogP) is 5.87. The lowest BCUT2D eigenvalue weighted by Gasteiger charge is -2.14. The minimum atomic E-state index is -0.597. The molecule has 0 spiro atoms. The average Bonchev–Trinajstić information content (AvgIpc) is 3.20. The number of nitriles is 1. The maximum Gasteiger partial charge on any atom is 0.294 e. The highest BCUT2D eigenvalue weighted by molar-refractivity contribution is 8.18. The molecule has 1 fully saturated rings. The first-order valence-corrected chi connectivity index (χ1v) is 13.3. The summed E-state index contributed by atoms with van der Waals surface area (Å²) >= 11 is 7.20. The molecular weight excluding hydrogens is 554 g/mol. The number of hydrogen-bond acceptors (Lipinski definition) is 8. The van der Waals surface area contributed by atoms with Crippen molar-refractivity contribution in [2.75, 3.05) is 25.6 Å². The van der Waals surface area contributed by atoms with Crippen LogP contribution in [0.4, 0.5) is 10.5 Å². The average molecular weight is 578 g/mol. The Kier molecular flexibility index (Phi) is 9.32. The van der Waals surface area contributed by atoms with Crippen LogP contribution in [0.25, 0.3) is 6.08 Å². The summed E-state index contributed by atoms with van der Waals surface area (Å²) in [6.45, 7) is 2.05. The lowest BCUT2D eigenvalue weighted by molar-refractivity contribution is -0.127. The Labute approximate surface area is 240 Å². The van der Waals surface area contributed by atoms with E-state index in [-0.39, 0.29) is 22.3 Å². The van der Waals surface area contributed by atoms with Gasteiger partial charge in [-0.2, -0.15) is 5.26 Å². The molecule has 0 aliphatic carbocycles. The van der Waals surface area contributed by atoms with Gasteiger partial charge >= 0.3 is 0 Å². The van der Waals surface area contributed by atoms with Gasteiger partial charge in [0.05, 0.1) is 35.3 Å². The molecule has 0 saturated carbocycles. The van der Waals surface area contributed by atoms with E-state index in [9.17, 15) is 19.6 Å². The molecule has 204 valence electrons. The van der Waals surface area contributed by atoms with Gasteiger partial charge in [0.25, 0.3) is 11.1 Å². The predicted molar refractivity (Wildman–Crippen MR) is 152 cm³/mol. The highest BCUT2D eigenvalue weighted by Crippen LogP contribution is 2.39. The van der Waals surface area contributed by atoms with Crippen LogP contribution in [0.3, 0.4) is 0 Å². The summed E-state index contributed by atoms with van der Waals surface area (Å²) in [7, 11) is 1.45. The Morgan fingerprint density at radius 3 is 2.58 bits per heavy atom. The van der Waals surface area contributed by atoms with Crippen LogP contribution < -0.4 is 19.5 Å². The third-order valence-electron chi connectivity index (χ3n) is 5.68. The number of halogens is 1. The molecule has 0 atom stereocenters. The van der Waals surface area contributed by atoms with Crippen LogP contribution in [-0.2, 0) is 16.2 Å². The number of hydrogen-bond donors (Lipinski definition) is 1. The molecular formula is C29H24ClN3O6S. The summed E-state index contributed by atoms with van der Waals surface area (Å²) in [5.41, 5.74) is 2.18. The Hall–Kier alpha value is -4.46. The number of benzene rings is 3. The van der Waals surface area contributed by atoms with Gasteiger partial charge < -0.3 is 19.5 Å². The highest BCUT2D eigenvalue weighted by atomic mass is 35.5. The molecule has 1 aliphatic rings. The summed E-state index contributed by atoms with van der Waals surface area (Å²) in [4.78, 5) is 39.0. The van der Waals surface area contributed by atoms with Crippen molar-refractivity contribution in [3.8, 4) is 23.3 Å². The number of carbonyl (C=O) groups is 3. The molecule has 0 bridgehead atoms. The standard InChI is InChI=1S/C29H24ClN3O6S/c1-3-38-22-10-8-21(9-11-22)32-26(34)16-33-28(35)25(40-29(33)36)14-18-12-23(30)27(24(13-18)37-2)39-17-20-7-5-4-6-19(20)15-31/h4-14H,3,16-17H2,1-2H3,(H,32,34). The van der Waals surface area contributed by atoms with E-state index in [1.165, 1.54) is 13.2 Å². The van der Waals surface area contributed by atoms with Gasteiger partial charge in [-0.25, -0.2) is 0 Å². The van der Waals surface area contributed by atoms with E-state index < -0.39 is 23.6 Å². The van der Waals surface area contributed by atoms with Crippen LogP contribution in [0.15, 0.2) is 65.6 Å². The highest BCUT2D eigenvalue weighted by Gasteiger charge is 2.36. The van der Waals surface area contributed by atoms with Gasteiger partial charge in [-0.1, -0.05) is 29.8 Å². The molecule has 0 aromatic heterocycles. The molecule has 3 amide bonds. The molecule has 1 saturated heterocycles. The van der Waals surface area contributed by atoms with Crippen molar-refractivity contribution in [1.82, 2.24) is 4.90 Å². The van der Waals surface area contributed by atoms with E-state index in [4.69, 9.17) is 25.8 Å². The first kappa shape index (κ1) is 28.5. The summed E-state index contributed by atoms with van der Waals surface area (Å²) in [5.74, 6) is 0.129. The van der Waals surface area contributed by atoms with Crippen LogP contribution >= 0.6 is 23.4 Å². The summed E-state index contributed by atoms with van der Waals surface area (Å²) in [6, 6.07) is 19.1. The van der Waals surface area contributed by atoms with E-state index in [1.807, 2.05) is 6.92 Å². The Bertz CT molecular complexity index is 1520. The number of nitrogens with zero attached hydrogens (tertiary/aromatic N) is 2. The SMILES string of the molecule is CCOc1ccc(NC(=O)CN2C(=O)SC(=Cc3cc(Cl)c(OCc4ccccc4C#N)c(OC)c3)C2=O)cc1. The fourth-order valence-corrected chi connectivity index (χ4v) is 4.91. The summed E-state index contributed by atoms with van der Waals surface area (Å²) < 4.78 is 16.7. The van der Waals surface area contributed by atoms with Gasteiger partial charge in [-0.05, 0) is 72.8 Å². The molecule has 1 N–H and O–H groups in total. The topological polar surface area (TPSA) is 118 Å². The Morgan fingerprint density at radius 2 is 1.88 bits per heavy atom. The molecule has 3 aromatic carbocycles. The zero-order valence-electron chi connectivity index (χ0n) is 21.6. The number of anilines is 1. The second-order valence-corrected chi connectivity index (χ2v) is 9.77. The van der Waals surface area contributed by atoms with Crippen molar-refractivity contribution in [1.29, 1.82) is 5.26 Å². The first-order chi connectivity index (χ1) is 19.3. The van der Waals surface area contributed by atoms with Crippen LogP contribution in [0, 0.1) is 11.3 Å². The lowest BCUT2D eigenvalue weighted by atomic mass is 10.1. The number of imide groups is 1. The van der Waals surface area contributed by atoms with Gasteiger partial charge in [0.1, 0.15) is 18.9 Å². The van der Waals surface area contributed by atoms with Gasteiger partial charge in [0.2, 0.25) is 5.91 Å². The smallest absolute Gasteiger partial charge is 0.294 e. The monoisotopic (exact) mass is 577 g/mol. The second kappa shape index (κ2) is 13.1. The van der Waals surface area contributed by atoms with Gasteiger partial charge in [0, 0.05) is 11.3 Å². The van der Waals surface area contributed by atoms with Crippen LogP contribution in [0.1, 0.15) is 23.6 Å². The fraction of sp³-hybridized carbons (Fsp3) is 0.172. The molecule has 0 unspecified atom stereocenters. The third kappa shape index (κ3) is 6.75. The number of carbonyl (C=O) groups excluding carboxylic acids is 3. The zero-order chi connectivity index (χ0) is 28.6. The largest absolute Gasteiger partial charge is 0.494 e. The molecule has 4 rings (SSSR count). The van der Waals surface area contributed by atoms with Crippen molar-refractivity contribution in [2.45, 2.75) is 13.5 Å². The first-order valence-electron chi connectivity index (χ1n) is 12.1. The van der Waals surface area contributed by atoms with Crippen LogP contribution in [0.2, 0.25) is 5.02 Å². The van der Waals surface area contributed by atoms with E-state index >= 15 is 0 Å². The minimum Gasteiger partial charge on any atom is -0.494 e. The molecule has 40 heavy (non-hydrogen) atoms. The number of methoxy groups -OCH3 is 1. The molecule has 1 heterocycles. The maximum absolute atomic E-state index is 13.0. The maximum atomic E-state index is 13.0. The molecule has 1 aliphatic heterocycles. The third-order valence-corrected chi connectivity index (χ3v) is 6.87. The Morgan fingerprint density at radius 1 is 1.12 bits per heavy atom. The normalized spacial score (nSPS) is 13.8. The van der Waals surface area contributed by atoms with Gasteiger partial charge in [0.15, 0.2) is 11.5 Å². The minimum absolute atomic E-state index is 0.0940. The van der Waals surface area contributed by atoms with E-state index in [2.05, 4.69) is 11.4 Å². The van der Waals surface area contributed by atoms with Gasteiger partial charge in [-0.15, -0.1) is 0 Å². The van der Waals surface area contributed by atoms with Crippen molar-refractivity contribution in [3.05, 3.63) is 87.3 Å². The van der Waals surface area contributed by atoms with E-state index in [0.29, 0.717) is 40.5 Å². The number of thioether (sulfide) groups is 1. The Balaban J connectivity index is 1.45. The number of rotatable bonds is 10. The summed E-state index contributed by atoms with van der Waals surface area (Å²) in [5, 5.41) is 11.6. The number of ether oxygens (including phenoxy) is 3. The summed E-state index contributed by atoms with van der Waals surface area (Å²) in [6.07, 6.45) is 1.50. The van der Waals surface area contributed by atoms with E-state index in [1.54, 1.807) is 60.7 Å². The number of nitrogens with one attached hydrogen (secondary N) is 1. The number of amides is 3. The van der Waals surface area contributed by atoms with Gasteiger partial charge in [-0.3, -0.25) is 19.3 Å². The quantitative estimate of drug-likeness (QED) is 0.297. The van der Waals surface area contributed by atoms with Crippen molar-refractivity contribution < 1.29 is 28.6 Å². The second-order valence-electron chi connectivity index (χ2n) is 8.37.